The van der Waals surface area contributed by atoms with Crippen molar-refractivity contribution in [1.29, 1.82) is 0 Å². The molecule has 0 saturated carbocycles. The minimum absolute atomic E-state index is 0.00121. The first-order valence-corrected chi connectivity index (χ1v) is 8.50. The van der Waals surface area contributed by atoms with E-state index in [-0.39, 0.29) is 18.1 Å². The molecule has 10 heteroatoms. The minimum Gasteiger partial charge on any atom is -0.451 e. The molecule has 1 atom stereocenters. The number of ether oxygens (including phenoxy) is 1. The lowest BCUT2D eigenvalue weighted by Crippen LogP contribution is -2.38. The van der Waals surface area contributed by atoms with Crippen LogP contribution in [0.3, 0.4) is 0 Å². The van der Waals surface area contributed by atoms with Gasteiger partial charge in [0, 0.05) is 24.7 Å². The molecule has 0 aliphatic carbocycles. The lowest BCUT2D eigenvalue weighted by atomic mass is 10.2. The van der Waals surface area contributed by atoms with E-state index in [1.807, 2.05) is 0 Å². The Kier molecular flexibility index (Phi) is 6.80. The first-order chi connectivity index (χ1) is 12.8. The van der Waals surface area contributed by atoms with Gasteiger partial charge in [-0.3, -0.25) is 24.5 Å². The summed E-state index contributed by atoms with van der Waals surface area (Å²) in [5, 5.41) is 13.1. The molecule has 1 aliphatic heterocycles. The van der Waals surface area contributed by atoms with Gasteiger partial charge in [0.1, 0.15) is 6.54 Å². The molecule has 2 amide bonds. The molecular weight excluding hydrogens is 361 g/mol. The number of nitro groups is 1. The second kappa shape index (κ2) is 9.06. The number of halogens is 1. The number of esters is 1. The molecule has 146 valence electrons. The van der Waals surface area contributed by atoms with Crippen LogP contribution in [-0.2, 0) is 19.1 Å². The highest BCUT2D eigenvalue weighted by molar-refractivity contribution is 5.95. The molecule has 9 nitrogen and oxygen atoms in total. The van der Waals surface area contributed by atoms with Gasteiger partial charge in [-0.25, -0.2) is 0 Å². The number of hydrogen-bond acceptors (Lipinski definition) is 6. The van der Waals surface area contributed by atoms with Gasteiger partial charge in [-0.15, -0.1) is 0 Å². The van der Waals surface area contributed by atoms with Gasteiger partial charge in [0.2, 0.25) is 11.7 Å². The molecule has 1 N–H and O–H groups in total. The van der Waals surface area contributed by atoms with E-state index >= 15 is 0 Å². The number of benzene rings is 1. The number of nitrogens with one attached hydrogen (secondary N) is 1. The summed E-state index contributed by atoms with van der Waals surface area (Å²) in [4.78, 5) is 47.2. The number of nitrogens with zero attached hydrogens (tertiary/aromatic N) is 2. The van der Waals surface area contributed by atoms with Gasteiger partial charge in [-0.2, -0.15) is 4.39 Å². The molecule has 1 aromatic carbocycles. The number of amides is 2. The van der Waals surface area contributed by atoms with Crippen LogP contribution < -0.4 is 5.32 Å². The highest BCUT2D eigenvalue weighted by atomic mass is 19.1. The zero-order valence-corrected chi connectivity index (χ0v) is 14.8. The van der Waals surface area contributed by atoms with Gasteiger partial charge in [-0.1, -0.05) is 6.42 Å². The van der Waals surface area contributed by atoms with Crippen LogP contribution >= 0.6 is 0 Å². The third-order valence-electron chi connectivity index (χ3n) is 4.08. The average molecular weight is 381 g/mol. The summed E-state index contributed by atoms with van der Waals surface area (Å²) in [5.74, 6) is -2.61. The summed E-state index contributed by atoms with van der Waals surface area (Å²) in [5.41, 5.74) is -0.782. The first-order valence-electron chi connectivity index (χ1n) is 8.50. The Labute approximate surface area is 154 Å². The van der Waals surface area contributed by atoms with Crippen LogP contribution in [0.1, 0.15) is 32.6 Å². The summed E-state index contributed by atoms with van der Waals surface area (Å²) < 4.78 is 18.3. The smallest absolute Gasteiger partial charge is 0.326 e. The van der Waals surface area contributed by atoms with Crippen LogP contribution in [0.2, 0.25) is 0 Å². The molecule has 1 saturated heterocycles. The fourth-order valence-corrected chi connectivity index (χ4v) is 2.62. The van der Waals surface area contributed by atoms with E-state index in [4.69, 9.17) is 4.74 Å². The maximum atomic E-state index is 13.3. The van der Waals surface area contributed by atoms with Gasteiger partial charge in [0.15, 0.2) is 6.10 Å². The SMILES string of the molecule is CC(OC(=O)CN1CCCCCC1=O)C(=O)Nc1ccc(F)c([N+](=O)[O-])c1. The van der Waals surface area contributed by atoms with Crippen LogP contribution in [0.15, 0.2) is 18.2 Å². The number of carbonyl (C=O) groups excluding carboxylic acids is 3. The molecular formula is C17H20FN3O6. The van der Waals surface area contributed by atoms with Gasteiger partial charge in [0.05, 0.1) is 4.92 Å². The first kappa shape index (κ1) is 20.3. The zero-order chi connectivity index (χ0) is 20.0. The van der Waals surface area contributed by atoms with Crippen LogP contribution in [0.25, 0.3) is 0 Å². The number of hydrogen-bond donors (Lipinski definition) is 1. The van der Waals surface area contributed by atoms with Gasteiger partial charge in [0.25, 0.3) is 5.91 Å². The van der Waals surface area contributed by atoms with Gasteiger partial charge >= 0.3 is 11.7 Å². The van der Waals surface area contributed by atoms with Crippen molar-refractivity contribution in [1.82, 2.24) is 4.90 Å². The highest BCUT2D eigenvalue weighted by Gasteiger charge is 2.24. The topological polar surface area (TPSA) is 119 Å². The lowest BCUT2D eigenvalue weighted by molar-refractivity contribution is -0.387. The number of likely N-dealkylation sites (tertiary alicyclic amines) is 1. The Bertz CT molecular complexity index is 754. The van der Waals surface area contributed by atoms with Gasteiger partial charge in [-0.05, 0) is 31.9 Å². The molecule has 2 rings (SSSR count). The summed E-state index contributed by atoms with van der Waals surface area (Å²) in [6, 6.07) is 2.89. The van der Waals surface area contributed by atoms with Crippen molar-refractivity contribution >= 4 is 29.2 Å². The minimum atomic E-state index is -1.19. The zero-order valence-electron chi connectivity index (χ0n) is 14.8. The predicted molar refractivity (Wildman–Crippen MR) is 92.3 cm³/mol. The molecule has 0 bridgehead atoms. The molecule has 0 aromatic heterocycles. The number of rotatable bonds is 6. The predicted octanol–water partition coefficient (Wildman–Crippen LogP) is 2.01. The van der Waals surface area contributed by atoms with Crippen molar-refractivity contribution in [2.75, 3.05) is 18.4 Å². The molecule has 1 aromatic rings. The second-order valence-electron chi connectivity index (χ2n) is 6.17. The normalized spacial score (nSPS) is 15.6. The molecule has 1 fully saturated rings. The van der Waals surface area contributed by atoms with E-state index in [9.17, 15) is 28.9 Å². The third-order valence-corrected chi connectivity index (χ3v) is 4.08. The van der Waals surface area contributed by atoms with E-state index in [1.165, 1.54) is 11.8 Å². The second-order valence-corrected chi connectivity index (χ2v) is 6.17. The molecule has 1 unspecified atom stereocenters. The molecule has 1 aliphatic rings. The lowest BCUT2D eigenvalue weighted by Gasteiger charge is -2.20. The van der Waals surface area contributed by atoms with Crippen molar-refractivity contribution in [2.45, 2.75) is 38.7 Å². The van der Waals surface area contributed by atoms with Crippen LogP contribution in [0, 0.1) is 15.9 Å². The summed E-state index contributed by atoms with van der Waals surface area (Å²) in [6.07, 6.45) is 1.70. The van der Waals surface area contributed by atoms with Crippen molar-refractivity contribution in [2.24, 2.45) is 0 Å². The Hall–Kier alpha value is -3.04. The molecule has 0 radical (unpaired) electrons. The standard InChI is InChI=1S/C17H20FN3O6/c1-11(27-16(23)10-20-8-4-2-3-5-15(20)22)17(24)19-12-6-7-13(18)14(9-12)21(25)26/h6-7,9,11H,2-5,8,10H2,1H3,(H,19,24). The fourth-order valence-electron chi connectivity index (χ4n) is 2.62. The molecule has 1 heterocycles. The van der Waals surface area contributed by atoms with E-state index < -0.39 is 34.4 Å². The summed E-state index contributed by atoms with van der Waals surface area (Å²) in [6.45, 7) is 1.56. The van der Waals surface area contributed by atoms with Crippen molar-refractivity contribution < 1.29 is 28.4 Å². The Balaban J connectivity index is 1.91. The average Bonchev–Trinajstić information content (AvgIpc) is 2.80. The Morgan fingerprint density at radius 1 is 1.37 bits per heavy atom. The van der Waals surface area contributed by atoms with Gasteiger partial charge < -0.3 is 15.0 Å². The monoisotopic (exact) mass is 381 g/mol. The van der Waals surface area contributed by atoms with E-state index in [2.05, 4.69) is 5.32 Å². The van der Waals surface area contributed by atoms with E-state index in [0.29, 0.717) is 13.0 Å². The van der Waals surface area contributed by atoms with Crippen molar-refractivity contribution in [3.05, 3.63) is 34.1 Å². The van der Waals surface area contributed by atoms with Crippen molar-refractivity contribution in [3.63, 3.8) is 0 Å². The maximum Gasteiger partial charge on any atom is 0.326 e. The summed E-state index contributed by atoms with van der Waals surface area (Å²) in [7, 11) is 0. The Morgan fingerprint density at radius 2 is 2.11 bits per heavy atom. The fraction of sp³-hybridized carbons (Fsp3) is 0.471. The maximum absolute atomic E-state index is 13.3. The highest BCUT2D eigenvalue weighted by Crippen LogP contribution is 2.21. The number of anilines is 1. The molecule has 0 spiro atoms. The van der Waals surface area contributed by atoms with Crippen LogP contribution in [0.4, 0.5) is 15.8 Å². The van der Waals surface area contributed by atoms with Crippen LogP contribution in [0.5, 0.6) is 0 Å². The van der Waals surface area contributed by atoms with Crippen LogP contribution in [-0.4, -0.2) is 46.8 Å². The van der Waals surface area contributed by atoms with Crippen molar-refractivity contribution in [3.8, 4) is 0 Å². The summed E-state index contributed by atoms with van der Waals surface area (Å²) >= 11 is 0. The quantitative estimate of drug-likeness (QED) is 0.457. The van der Waals surface area contributed by atoms with E-state index in [1.54, 1.807) is 0 Å². The largest absolute Gasteiger partial charge is 0.451 e. The number of nitro benzene ring substituents is 1. The third kappa shape index (κ3) is 5.73. The number of carbonyl (C=O) groups is 3. The molecule has 27 heavy (non-hydrogen) atoms. The van der Waals surface area contributed by atoms with E-state index in [0.717, 1.165) is 37.5 Å². The Morgan fingerprint density at radius 3 is 2.81 bits per heavy atom.